The molecule has 0 aromatic carbocycles. The largest absolute Gasteiger partial charge is 0.368 e. The van der Waals surface area contributed by atoms with Gasteiger partial charge in [0.15, 0.2) is 0 Å². The molecular weight excluding hydrogens is 204 g/mol. The predicted octanol–water partition coefficient (Wildman–Crippen LogP) is 0.671. The first kappa shape index (κ1) is 11.9. The van der Waals surface area contributed by atoms with E-state index in [4.69, 9.17) is 4.74 Å². The second-order valence-corrected chi connectivity index (χ2v) is 4.77. The highest BCUT2D eigenvalue weighted by molar-refractivity contribution is 5.80. The molecular formula is C12H22N2O2. The van der Waals surface area contributed by atoms with Crippen molar-refractivity contribution in [3.8, 4) is 0 Å². The topological polar surface area (TPSA) is 50.4 Å². The van der Waals surface area contributed by atoms with Crippen molar-refractivity contribution < 1.29 is 9.53 Å². The summed E-state index contributed by atoms with van der Waals surface area (Å²) in [7, 11) is 0. The van der Waals surface area contributed by atoms with Crippen LogP contribution < -0.4 is 10.6 Å². The number of amides is 1. The lowest BCUT2D eigenvalue weighted by Gasteiger charge is -2.22. The summed E-state index contributed by atoms with van der Waals surface area (Å²) < 4.78 is 5.34. The van der Waals surface area contributed by atoms with Gasteiger partial charge in [-0.25, -0.2) is 0 Å². The molecule has 16 heavy (non-hydrogen) atoms. The van der Waals surface area contributed by atoms with Crippen LogP contribution in [-0.4, -0.2) is 38.3 Å². The molecule has 92 valence electrons. The Hall–Kier alpha value is -0.610. The summed E-state index contributed by atoms with van der Waals surface area (Å²) in [6.45, 7) is 3.81. The van der Waals surface area contributed by atoms with Crippen LogP contribution in [0.5, 0.6) is 0 Å². The second kappa shape index (κ2) is 6.21. The molecule has 0 saturated carbocycles. The van der Waals surface area contributed by atoms with Crippen LogP contribution in [0.3, 0.4) is 0 Å². The van der Waals surface area contributed by atoms with E-state index in [-0.39, 0.29) is 12.0 Å². The molecule has 2 aliphatic heterocycles. The zero-order valence-corrected chi connectivity index (χ0v) is 9.84. The van der Waals surface area contributed by atoms with Crippen LogP contribution in [-0.2, 0) is 9.53 Å². The van der Waals surface area contributed by atoms with Gasteiger partial charge in [-0.1, -0.05) is 0 Å². The van der Waals surface area contributed by atoms with Gasteiger partial charge < -0.3 is 15.4 Å². The number of rotatable bonds is 4. The molecule has 1 atom stereocenters. The first-order chi connectivity index (χ1) is 7.86. The smallest absolute Gasteiger partial charge is 0.249 e. The molecule has 4 heteroatoms. The van der Waals surface area contributed by atoms with Crippen molar-refractivity contribution in [3.63, 3.8) is 0 Å². The predicted molar refractivity (Wildman–Crippen MR) is 62.2 cm³/mol. The summed E-state index contributed by atoms with van der Waals surface area (Å²) in [6, 6.07) is 0. The summed E-state index contributed by atoms with van der Waals surface area (Å²) in [5.74, 6) is 0.873. The van der Waals surface area contributed by atoms with E-state index in [1.807, 2.05) is 0 Å². The molecule has 0 aromatic rings. The maximum absolute atomic E-state index is 11.6. The van der Waals surface area contributed by atoms with E-state index in [0.29, 0.717) is 0 Å². The summed E-state index contributed by atoms with van der Waals surface area (Å²) in [5, 5.41) is 6.34. The molecule has 4 nitrogen and oxygen atoms in total. The minimum atomic E-state index is -0.173. The first-order valence-corrected chi connectivity index (χ1v) is 6.46. The third-order valence-electron chi connectivity index (χ3n) is 3.53. The van der Waals surface area contributed by atoms with E-state index in [2.05, 4.69) is 10.6 Å². The third-order valence-corrected chi connectivity index (χ3v) is 3.53. The van der Waals surface area contributed by atoms with Crippen molar-refractivity contribution in [1.29, 1.82) is 0 Å². The Morgan fingerprint density at radius 3 is 2.81 bits per heavy atom. The van der Waals surface area contributed by atoms with Crippen molar-refractivity contribution in [2.75, 3.05) is 26.2 Å². The lowest BCUT2D eigenvalue weighted by molar-refractivity contribution is -0.130. The molecule has 2 fully saturated rings. The van der Waals surface area contributed by atoms with Gasteiger partial charge in [-0.05, 0) is 51.1 Å². The van der Waals surface area contributed by atoms with Gasteiger partial charge in [0.05, 0.1) is 0 Å². The van der Waals surface area contributed by atoms with E-state index in [1.165, 1.54) is 12.8 Å². The molecule has 2 N–H and O–H groups in total. The molecule has 0 radical (unpaired) electrons. The summed E-state index contributed by atoms with van der Waals surface area (Å²) >= 11 is 0. The van der Waals surface area contributed by atoms with Crippen molar-refractivity contribution in [1.82, 2.24) is 10.6 Å². The summed E-state index contributed by atoms with van der Waals surface area (Å²) in [5.41, 5.74) is 0. The Balaban J connectivity index is 1.57. The maximum Gasteiger partial charge on any atom is 0.249 e. The summed E-state index contributed by atoms with van der Waals surface area (Å²) in [6.07, 6.45) is 5.34. The zero-order chi connectivity index (χ0) is 11.2. The Morgan fingerprint density at radius 1 is 1.31 bits per heavy atom. The van der Waals surface area contributed by atoms with Crippen molar-refractivity contribution >= 4 is 5.91 Å². The maximum atomic E-state index is 11.6. The van der Waals surface area contributed by atoms with Crippen molar-refractivity contribution in [2.24, 2.45) is 5.92 Å². The van der Waals surface area contributed by atoms with E-state index in [1.54, 1.807) is 0 Å². The molecule has 1 amide bonds. The lowest BCUT2D eigenvalue weighted by Crippen LogP contribution is -2.36. The molecule has 2 aliphatic rings. The van der Waals surface area contributed by atoms with Crippen LogP contribution in [0.4, 0.5) is 0 Å². The molecule has 2 heterocycles. The molecule has 2 saturated heterocycles. The SMILES string of the molecule is O=C(NCCC1CCNCC1)C1CCCO1. The van der Waals surface area contributed by atoms with Crippen LogP contribution in [0.2, 0.25) is 0 Å². The molecule has 2 rings (SSSR count). The van der Waals surface area contributed by atoms with Gasteiger partial charge in [0.2, 0.25) is 5.91 Å². The highest BCUT2D eigenvalue weighted by atomic mass is 16.5. The molecule has 0 aromatic heterocycles. The quantitative estimate of drug-likeness (QED) is 0.741. The van der Waals surface area contributed by atoms with Gasteiger partial charge in [0, 0.05) is 13.2 Å². The van der Waals surface area contributed by atoms with E-state index >= 15 is 0 Å². The highest BCUT2D eigenvalue weighted by Gasteiger charge is 2.23. The number of hydrogen-bond donors (Lipinski definition) is 2. The monoisotopic (exact) mass is 226 g/mol. The second-order valence-electron chi connectivity index (χ2n) is 4.77. The molecule has 1 unspecified atom stereocenters. The Bertz CT molecular complexity index is 221. The van der Waals surface area contributed by atoms with Crippen LogP contribution in [0.25, 0.3) is 0 Å². The Labute approximate surface area is 97.1 Å². The molecule has 0 aliphatic carbocycles. The molecule has 0 bridgehead atoms. The number of piperidine rings is 1. The average molecular weight is 226 g/mol. The number of nitrogens with one attached hydrogen (secondary N) is 2. The fraction of sp³-hybridized carbons (Fsp3) is 0.917. The van der Waals surface area contributed by atoms with Crippen LogP contribution in [0.1, 0.15) is 32.1 Å². The van der Waals surface area contributed by atoms with Gasteiger partial charge in [-0.2, -0.15) is 0 Å². The Kier molecular flexibility index (Phi) is 4.60. The van der Waals surface area contributed by atoms with Crippen molar-refractivity contribution in [3.05, 3.63) is 0 Å². The van der Waals surface area contributed by atoms with Gasteiger partial charge in [-0.3, -0.25) is 4.79 Å². The van der Waals surface area contributed by atoms with Crippen molar-refractivity contribution in [2.45, 2.75) is 38.2 Å². The van der Waals surface area contributed by atoms with Gasteiger partial charge >= 0.3 is 0 Å². The lowest BCUT2D eigenvalue weighted by atomic mass is 9.95. The van der Waals surface area contributed by atoms with Crippen LogP contribution in [0, 0.1) is 5.92 Å². The third kappa shape index (κ3) is 3.46. The van der Waals surface area contributed by atoms with E-state index in [9.17, 15) is 4.79 Å². The zero-order valence-electron chi connectivity index (χ0n) is 9.84. The number of ether oxygens (including phenoxy) is 1. The normalized spacial score (nSPS) is 26.9. The van der Waals surface area contributed by atoms with Gasteiger partial charge in [0.25, 0.3) is 0 Å². The van der Waals surface area contributed by atoms with Crippen LogP contribution in [0.15, 0.2) is 0 Å². The Morgan fingerprint density at radius 2 is 2.12 bits per heavy atom. The van der Waals surface area contributed by atoms with Crippen LogP contribution >= 0.6 is 0 Å². The van der Waals surface area contributed by atoms with E-state index < -0.39 is 0 Å². The average Bonchev–Trinajstić information content (AvgIpc) is 2.84. The minimum Gasteiger partial charge on any atom is -0.368 e. The summed E-state index contributed by atoms with van der Waals surface area (Å²) in [4.78, 5) is 11.6. The number of carbonyl (C=O) groups is 1. The standard InChI is InChI=1S/C12H22N2O2/c15-12(11-2-1-9-16-11)14-8-5-10-3-6-13-7-4-10/h10-11,13H,1-9H2,(H,14,15). The van der Waals surface area contributed by atoms with Gasteiger partial charge in [0.1, 0.15) is 6.10 Å². The molecule has 0 spiro atoms. The first-order valence-electron chi connectivity index (χ1n) is 6.46. The van der Waals surface area contributed by atoms with Gasteiger partial charge in [-0.15, -0.1) is 0 Å². The minimum absolute atomic E-state index is 0.0893. The number of hydrogen-bond acceptors (Lipinski definition) is 3. The number of carbonyl (C=O) groups excluding carboxylic acids is 1. The fourth-order valence-corrected chi connectivity index (χ4v) is 2.47. The fourth-order valence-electron chi connectivity index (χ4n) is 2.47. The van der Waals surface area contributed by atoms with E-state index in [0.717, 1.165) is 51.4 Å². The highest BCUT2D eigenvalue weighted by Crippen LogP contribution is 2.15.